The molecule has 2 aliphatic carbocycles. The molecule has 0 radical (unpaired) electrons. The number of aliphatic hydroxyl groups excluding tert-OH is 1. The van der Waals surface area contributed by atoms with Crippen molar-refractivity contribution in [3.05, 3.63) is 0 Å². The normalized spacial score (nSPS) is 37.6. The molecule has 0 bridgehead atoms. The van der Waals surface area contributed by atoms with Crippen LogP contribution in [0.5, 0.6) is 0 Å². The molecule has 0 aromatic rings. The van der Waals surface area contributed by atoms with Crippen molar-refractivity contribution < 1.29 is 19.8 Å². The van der Waals surface area contributed by atoms with Gasteiger partial charge in [0.25, 0.3) is 0 Å². The van der Waals surface area contributed by atoms with Crippen LogP contribution in [0.15, 0.2) is 0 Å². The Morgan fingerprint density at radius 1 is 1.15 bits per heavy atom. The number of hydrogen-bond acceptors (Lipinski definition) is 3. The second kappa shape index (κ2) is 6.12. The molecular weight excluding hydrogens is 258 g/mol. The third-order valence-corrected chi connectivity index (χ3v) is 5.09. The van der Waals surface area contributed by atoms with Gasteiger partial charge in [-0.05, 0) is 44.4 Å². The third-order valence-electron chi connectivity index (χ3n) is 5.09. The first-order chi connectivity index (χ1) is 9.47. The lowest BCUT2D eigenvalue weighted by atomic mass is 9.77. The monoisotopic (exact) mass is 283 g/mol. The summed E-state index contributed by atoms with van der Waals surface area (Å²) in [7, 11) is 0. The molecule has 0 spiro atoms. The summed E-state index contributed by atoms with van der Waals surface area (Å²) < 4.78 is 0. The van der Waals surface area contributed by atoms with Crippen LogP contribution in [-0.2, 0) is 9.59 Å². The summed E-state index contributed by atoms with van der Waals surface area (Å²) in [6, 6.07) is 0. The molecule has 2 unspecified atom stereocenters. The predicted octanol–water partition coefficient (Wildman–Crippen LogP) is 1.54. The molecule has 2 aliphatic rings. The Labute approximate surface area is 119 Å². The minimum atomic E-state index is -0.877. The summed E-state index contributed by atoms with van der Waals surface area (Å²) >= 11 is 0. The molecule has 5 heteroatoms. The summed E-state index contributed by atoms with van der Waals surface area (Å²) in [6.07, 6.45) is 5.55. The number of carbonyl (C=O) groups is 2. The van der Waals surface area contributed by atoms with Gasteiger partial charge >= 0.3 is 5.97 Å². The number of rotatable bonds is 4. The molecule has 2 saturated carbocycles. The van der Waals surface area contributed by atoms with Crippen LogP contribution < -0.4 is 5.32 Å². The topological polar surface area (TPSA) is 86.6 Å². The summed E-state index contributed by atoms with van der Waals surface area (Å²) in [4.78, 5) is 23.6. The first kappa shape index (κ1) is 15.3. The Hall–Kier alpha value is -1.10. The van der Waals surface area contributed by atoms with Gasteiger partial charge in [0.15, 0.2) is 0 Å². The maximum absolute atomic E-state index is 12.4. The Morgan fingerprint density at radius 2 is 1.75 bits per heavy atom. The van der Waals surface area contributed by atoms with Crippen LogP contribution >= 0.6 is 0 Å². The van der Waals surface area contributed by atoms with E-state index in [0.29, 0.717) is 18.8 Å². The van der Waals surface area contributed by atoms with Gasteiger partial charge in [-0.2, -0.15) is 0 Å². The van der Waals surface area contributed by atoms with Gasteiger partial charge in [0.2, 0.25) is 5.91 Å². The molecule has 3 N–H and O–H groups in total. The molecule has 2 rings (SSSR count). The highest BCUT2D eigenvalue weighted by molar-refractivity contribution is 5.85. The average molecular weight is 283 g/mol. The zero-order valence-corrected chi connectivity index (χ0v) is 12.1. The van der Waals surface area contributed by atoms with Crippen molar-refractivity contribution >= 4 is 11.9 Å². The van der Waals surface area contributed by atoms with E-state index in [1.54, 1.807) is 0 Å². The predicted molar refractivity (Wildman–Crippen MR) is 74.1 cm³/mol. The molecule has 2 atom stereocenters. The van der Waals surface area contributed by atoms with E-state index in [2.05, 4.69) is 12.2 Å². The standard InChI is InChI=1S/C15H25NO4/c1-10-5-7-15(9-17,8-6-10)16-13(18)11-3-2-4-12(11)14(19)20/h10-12,17H,2-9H2,1H3,(H,16,18)(H,19,20). The molecule has 0 aliphatic heterocycles. The van der Waals surface area contributed by atoms with E-state index in [-0.39, 0.29) is 12.5 Å². The van der Waals surface area contributed by atoms with E-state index in [1.165, 1.54) is 0 Å². The fraction of sp³-hybridized carbons (Fsp3) is 0.867. The molecule has 1 amide bonds. The Morgan fingerprint density at radius 3 is 2.30 bits per heavy atom. The van der Waals surface area contributed by atoms with Crippen LogP contribution in [-0.4, -0.2) is 34.2 Å². The largest absolute Gasteiger partial charge is 0.481 e. The number of carbonyl (C=O) groups excluding carboxylic acids is 1. The van der Waals surface area contributed by atoms with Crippen molar-refractivity contribution in [2.24, 2.45) is 17.8 Å². The van der Waals surface area contributed by atoms with Crippen molar-refractivity contribution in [3.63, 3.8) is 0 Å². The van der Waals surface area contributed by atoms with Crippen molar-refractivity contribution in [2.45, 2.75) is 57.4 Å². The average Bonchev–Trinajstić information content (AvgIpc) is 2.91. The number of aliphatic hydroxyl groups is 1. The number of carboxylic acid groups (broad SMARTS) is 1. The smallest absolute Gasteiger partial charge is 0.307 e. The van der Waals surface area contributed by atoms with Gasteiger partial charge in [0, 0.05) is 0 Å². The summed E-state index contributed by atoms with van der Waals surface area (Å²) in [5.41, 5.74) is -0.533. The zero-order valence-electron chi connectivity index (χ0n) is 12.1. The molecule has 2 fully saturated rings. The molecule has 0 aromatic carbocycles. The van der Waals surface area contributed by atoms with E-state index in [1.807, 2.05) is 0 Å². The molecular formula is C15H25NO4. The summed E-state index contributed by atoms with van der Waals surface area (Å²) in [5.74, 6) is -1.43. The zero-order chi connectivity index (χ0) is 14.8. The van der Waals surface area contributed by atoms with Gasteiger partial charge in [-0.3, -0.25) is 9.59 Å². The molecule has 0 saturated heterocycles. The lowest BCUT2D eigenvalue weighted by Crippen LogP contribution is -2.55. The van der Waals surface area contributed by atoms with Gasteiger partial charge in [0.05, 0.1) is 24.0 Å². The van der Waals surface area contributed by atoms with Crippen LogP contribution in [0.25, 0.3) is 0 Å². The van der Waals surface area contributed by atoms with Crippen molar-refractivity contribution in [2.75, 3.05) is 6.61 Å². The number of hydrogen-bond donors (Lipinski definition) is 3. The minimum absolute atomic E-state index is 0.0596. The summed E-state index contributed by atoms with van der Waals surface area (Å²) in [6.45, 7) is 2.12. The Kier molecular flexibility index (Phi) is 4.68. The van der Waals surface area contributed by atoms with Crippen molar-refractivity contribution in [1.82, 2.24) is 5.32 Å². The second-order valence-corrected chi connectivity index (χ2v) is 6.59. The number of nitrogens with one attached hydrogen (secondary N) is 1. The highest BCUT2D eigenvalue weighted by Gasteiger charge is 2.42. The lowest BCUT2D eigenvalue weighted by molar-refractivity contribution is -0.146. The van der Waals surface area contributed by atoms with Gasteiger partial charge in [-0.1, -0.05) is 13.3 Å². The first-order valence-electron chi connectivity index (χ1n) is 7.63. The number of aliphatic carboxylic acids is 1. The van der Waals surface area contributed by atoms with Crippen molar-refractivity contribution in [1.29, 1.82) is 0 Å². The van der Waals surface area contributed by atoms with E-state index < -0.39 is 23.3 Å². The molecule has 114 valence electrons. The van der Waals surface area contributed by atoms with Gasteiger partial charge in [0.1, 0.15) is 0 Å². The van der Waals surface area contributed by atoms with E-state index in [0.717, 1.165) is 32.1 Å². The van der Waals surface area contributed by atoms with E-state index in [9.17, 15) is 14.7 Å². The summed E-state index contributed by atoms with van der Waals surface area (Å²) in [5, 5.41) is 21.8. The van der Waals surface area contributed by atoms with Crippen LogP contribution in [0.1, 0.15) is 51.9 Å². The lowest BCUT2D eigenvalue weighted by Gasteiger charge is -2.39. The fourth-order valence-corrected chi connectivity index (χ4v) is 3.56. The third kappa shape index (κ3) is 3.14. The highest BCUT2D eigenvalue weighted by atomic mass is 16.4. The van der Waals surface area contributed by atoms with Gasteiger partial charge in [-0.25, -0.2) is 0 Å². The number of amides is 1. The first-order valence-corrected chi connectivity index (χ1v) is 7.63. The van der Waals surface area contributed by atoms with Gasteiger partial charge < -0.3 is 15.5 Å². The quantitative estimate of drug-likeness (QED) is 0.730. The van der Waals surface area contributed by atoms with E-state index in [4.69, 9.17) is 5.11 Å². The molecule has 20 heavy (non-hydrogen) atoms. The Bertz CT molecular complexity index is 374. The SMILES string of the molecule is CC1CCC(CO)(NC(=O)C2CCCC2C(=O)O)CC1. The minimum Gasteiger partial charge on any atom is -0.481 e. The van der Waals surface area contributed by atoms with E-state index >= 15 is 0 Å². The van der Waals surface area contributed by atoms with Gasteiger partial charge in [-0.15, -0.1) is 0 Å². The van der Waals surface area contributed by atoms with Crippen LogP contribution in [0, 0.1) is 17.8 Å². The number of carboxylic acids is 1. The maximum atomic E-state index is 12.4. The fourth-order valence-electron chi connectivity index (χ4n) is 3.56. The highest BCUT2D eigenvalue weighted by Crippen LogP contribution is 2.35. The molecule has 0 heterocycles. The van der Waals surface area contributed by atoms with Crippen molar-refractivity contribution in [3.8, 4) is 0 Å². The van der Waals surface area contributed by atoms with Crippen LogP contribution in [0.4, 0.5) is 0 Å². The molecule has 0 aromatic heterocycles. The molecule has 5 nitrogen and oxygen atoms in total. The van der Waals surface area contributed by atoms with Crippen LogP contribution in [0.2, 0.25) is 0 Å². The second-order valence-electron chi connectivity index (χ2n) is 6.59. The maximum Gasteiger partial charge on any atom is 0.307 e. The Balaban J connectivity index is 2.00. The van der Waals surface area contributed by atoms with Crippen LogP contribution in [0.3, 0.4) is 0 Å².